The SMILES string of the molecule is CO[C@@H]1CO[C@H]2[C@@H]1OC[C@H]2Oc1cc(F)ccc1Nc1ncnn2cc(C(=O)N=S(C)(C)=O)c(Cl)c12. The highest BCUT2D eigenvalue weighted by molar-refractivity contribution is 7.92. The average Bonchev–Trinajstić information content (AvgIpc) is 3.49. The monoisotopic (exact) mass is 539 g/mol. The first-order chi connectivity index (χ1) is 17.1. The highest BCUT2D eigenvalue weighted by atomic mass is 35.5. The van der Waals surface area contributed by atoms with Gasteiger partial charge in [0.05, 0.1) is 29.5 Å². The van der Waals surface area contributed by atoms with E-state index in [0.717, 1.165) is 0 Å². The van der Waals surface area contributed by atoms with Crippen LogP contribution < -0.4 is 10.1 Å². The minimum Gasteiger partial charge on any atom is -0.483 e. The zero-order valence-electron chi connectivity index (χ0n) is 19.5. The van der Waals surface area contributed by atoms with E-state index >= 15 is 0 Å². The van der Waals surface area contributed by atoms with Crippen molar-refractivity contribution in [2.45, 2.75) is 24.4 Å². The van der Waals surface area contributed by atoms with E-state index in [1.165, 1.54) is 47.8 Å². The Labute approximate surface area is 211 Å². The molecule has 1 amide bonds. The van der Waals surface area contributed by atoms with E-state index < -0.39 is 27.6 Å². The molecule has 2 aliphatic heterocycles. The molecule has 192 valence electrons. The lowest BCUT2D eigenvalue weighted by atomic mass is 10.1. The lowest BCUT2D eigenvalue weighted by molar-refractivity contribution is -0.0138. The third kappa shape index (κ3) is 4.76. The minimum atomic E-state index is -2.69. The van der Waals surface area contributed by atoms with Gasteiger partial charge in [-0.1, -0.05) is 11.6 Å². The molecular formula is C22H23ClFN5O6S. The van der Waals surface area contributed by atoms with Crippen molar-refractivity contribution < 1.29 is 32.3 Å². The van der Waals surface area contributed by atoms with Crippen LogP contribution in [0.1, 0.15) is 10.4 Å². The van der Waals surface area contributed by atoms with Crippen LogP contribution in [0, 0.1) is 5.82 Å². The first-order valence-electron chi connectivity index (χ1n) is 10.9. The maximum atomic E-state index is 14.2. The molecule has 2 aromatic heterocycles. The molecule has 2 aliphatic rings. The van der Waals surface area contributed by atoms with Gasteiger partial charge in [0.2, 0.25) is 0 Å². The van der Waals surface area contributed by atoms with Gasteiger partial charge >= 0.3 is 0 Å². The predicted molar refractivity (Wildman–Crippen MR) is 129 cm³/mol. The normalized spacial score (nSPS) is 23.6. The summed E-state index contributed by atoms with van der Waals surface area (Å²) >= 11 is 6.49. The fraction of sp³-hybridized carbons (Fsp3) is 0.409. The van der Waals surface area contributed by atoms with E-state index in [1.807, 2.05) is 0 Å². The van der Waals surface area contributed by atoms with Gasteiger partial charge in [0, 0.05) is 41.6 Å². The number of hydrogen-bond acceptors (Lipinski definition) is 9. The predicted octanol–water partition coefficient (Wildman–Crippen LogP) is 2.69. The van der Waals surface area contributed by atoms with Crippen molar-refractivity contribution in [2.75, 3.05) is 38.2 Å². The van der Waals surface area contributed by atoms with Crippen LogP contribution in [0.4, 0.5) is 15.9 Å². The van der Waals surface area contributed by atoms with Crippen LogP contribution in [-0.2, 0) is 23.9 Å². The Morgan fingerprint density at radius 3 is 2.72 bits per heavy atom. The van der Waals surface area contributed by atoms with Gasteiger partial charge in [-0.25, -0.2) is 18.1 Å². The van der Waals surface area contributed by atoms with Gasteiger partial charge in [-0.05, 0) is 12.1 Å². The maximum absolute atomic E-state index is 14.2. The van der Waals surface area contributed by atoms with Crippen LogP contribution >= 0.6 is 11.6 Å². The van der Waals surface area contributed by atoms with E-state index in [2.05, 4.69) is 19.8 Å². The van der Waals surface area contributed by atoms with Crippen LogP contribution in [-0.4, -0.2) is 82.0 Å². The minimum absolute atomic E-state index is 0.0208. The largest absolute Gasteiger partial charge is 0.483 e. The molecule has 0 aliphatic carbocycles. The van der Waals surface area contributed by atoms with Crippen molar-refractivity contribution in [3.05, 3.63) is 47.1 Å². The topological polar surface area (TPSA) is 126 Å². The molecule has 0 bridgehead atoms. The number of nitrogens with one attached hydrogen (secondary N) is 1. The number of methoxy groups -OCH3 is 1. The molecule has 14 heteroatoms. The maximum Gasteiger partial charge on any atom is 0.288 e. The Kier molecular flexibility index (Phi) is 6.59. The number of hydrogen-bond donors (Lipinski definition) is 1. The number of aromatic nitrogens is 3. The molecule has 5 rings (SSSR count). The second kappa shape index (κ2) is 9.56. The van der Waals surface area contributed by atoms with E-state index in [4.69, 9.17) is 30.5 Å². The number of carbonyl (C=O) groups is 1. The molecule has 1 N–H and O–H groups in total. The highest BCUT2D eigenvalue weighted by Crippen LogP contribution is 2.37. The summed E-state index contributed by atoms with van der Waals surface area (Å²) in [4.78, 5) is 16.8. The van der Waals surface area contributed by atoms with Gasteiger partial charge in [-0.3, -0.25) is 4.79 Å². The molecule has 0 spiro atoms. The number of amides is 1. The molecule has 0 saturated carbocycles. The molecule has 2 saturated heterocycles. The summed E-state index contributed by atoms with van der Waals surface area (Å²) in [5.74, 6) is -0.801. The second-order valence-corrected chi connectivity index (χ2v) is 11.6. The molecule has 3 aromatic rings. The number of rotatable bonds is 6. The number of ether oxygens (including phenoxy) is 4. The summed E-state index contributed by atoms with van der Waals surface area (Å²) in [6.45, 7) is 0.629. The van der Waals surface area contributed by atoms with Crippen LogP contribution in [0.5, 0.6) is 5.75 Å². The lowest BCUT2D eigenvalue weighted by Crippen LogP contribution is -2.35. The first kappa shape index (κ1) is 24.8. The van der Waals surface area contributed by atoms with Gasteiger partial charge in [-0.2, -0.15) is 9.46 Å². The fourth-order valence-corrected chi connectivity index (χ4v) is 4.99. The standard InChI is InChI=1S/C22H23ClFN5O6S/c1-32-15-8-33-20-16(9-34-19(15)20)35-14-6-11(24)4-5-13(14)27-21-18-17(23)12(7-29(18)26-10-25-21)22(30)28-36(2,3)31/h4-7,10,15-16,19-20H,8-9H2,1-3H3,(H,25,26,27)/t15-,16-,19-,20-/m1/s1. The molecule has 4 atom stereocenters. The van der Waals surface area contributed by atoms with Crippen LogP contribution in [0.25, 0.3) is 5.52 Å². The number of halogens is 2. The highest BCUT2D eigenvalue weighted by Gasteiger charge is 2.49. The summed E-state index contributed by atoms with van der Waals surface area (Å²) in [6, 6.07) is 4.00. The molecule has 0 unspecified atom stereocenters. The Balaban J connectivity index is 1.46. The van der Waals surface area contributed by atoms with E-state index in [-0.39, 0.29) is 52.6 Å². The van der Waals surface area contributed by atoms with Crippen LogP contribution in [0.3, 0.4) is 0 Å². The molecule has 1 aromatic carbocycles. The summed E-state index contributed by atoms with van der Waals surface area (Å²) < 4.78 is 54.3. The Bertz CT molecular complexity index is 1450. The second-order valence-electron chi connectivity index (χ2n) is 8.63. The lowest BCUT2D eigenvalue weighted by Gasteiger charge is -2.20. The molecule has 4 heterocycles. The Hall–Kier alpha value is -2.84. The van der Waals surface area contributed by atoms with Crippen molar-refractivity contribution in [1.82, 2.24) is 14.6 Å². The molecule has 2 fully saturated rings. The number of benzene rings is 1. The van der Waals surface area contributed by atoms with Crippen molar-refractivity contribution in [3.63, 3.8) is 0 Å². The average molecular weight is 540 g/mol. The van der Waals surface area contributed by atoms with Gasteiger partial charge in [0.25, 0.3) is 5.91 Å². The first-order valence-corrected chi connectivity index (χ1v) is 13.6. The smallest absolute Gasteiger partial charge is 0.288 e. The summed E-state index contributed by atoms with van der Waals surface area (Å²) in [5, 5.41) is 7.20. The van der Waals surface area contributed by atoms with E-state index in [9.17, 15) is 13.4 Å². The number of carbonyl (C=O) groups excluding carboxylic acids is 1. The summed E-state index contributed by atoms with van der Waals surface area (Å²) in [6.07, 6.45) is 4.03. The zero-order valence-corrected chi connectivity index (χ0v) is 21.1. The van der Waals surface area contributed by atoms with Gasteiger partial charge in [0.1, 0.15) is 41.7 Å². The number of anilines is 2. The molecule has 36 heavy (non-hydrogen) atoms. The van der Waals surface area contributed by atoms with Crippen molar-refractivity contribution >= 4 is 44.3 Å². The fourth-order valence-electron chi connectivity index (χ4n) is 4.18. The quantitative estimate of drug-likeness (QED) is 0.503. The van der Waals surface area contributed by atoms with Crippen LogP contribution in [0.2, 0.25) is 5.02 Å². The van der Waals surface area contributed by atoms with Gasteiger partial charge in [0.15, 0.2) is 11.9 Å². The molecular weight excluding hydrogens is 517 g/mol. The van der Waals surface area contributed by atoms with Crippen molar-refractivity contribution in [1.29, 1.82) is 0 Å². The van der Waals surface area contributed by atoms with Gasteiger partial charge < -0.3 is 24.3 Å². The van der Waals surface area contributed by atoms with E-state index in [0.29, 0.717) is 12.3 Å². The van der Waals surface area contributed by atoms with E-state index in [1.54, 1.807) is 7.11 Å². The van der Waals surface area contributed by atoms with Gasteiger partial charge in [-0.15, -0.1) is 0 Å². The Morgan fingerprint density at radius 1 is 1.28 bits per heavy atom. The zero-order chi connectivity index (χ0) is 25.6. The van der Waals surface area contributed by atoms with Crippen LogP contribution in [0.15, 0.2) is 35.1 Å². The summed E-state index contributed by atoms with van der Waals surface area (Å²) in [5.41, 5.74) is 0.687. The van der Waals surface area contributed by atoms with Crippen molar-refractivity contribution in [2.24, 2.45) is 4.36 Å². The third-order valence-corrected chi connectivity index (χ3v) is 6.77. The number of fused-ring (bicyclic) bond motifs is 2. The molecule has 11 nitrogen and oxygen atoms in total. The summed E-state index contributed by atoms with van der Waals surface area (Å²) in [7, 11) is -1.10. The third-order valence-electron chi connectivity index (χ3n) is 5.79. The van der Waals surface area contributed by atoms with Crippen molar-refractivity contribution in [3.8, 4) is 5.75 Å². The number of nitrogens with zero attached hydrogens (tertiary/aromatic N) is 4. The Morgan fingerprint density at radius 2 is 2.00 bits per heavy atom. The molecule has 0 radical (unpaired) electrons.